The SMILES string of the molecule is N[C@@H](CS)C(=O)O.O=C1NC(=O)C(c2ccccc2)N1. The maximum absolute atomic E-state index is 11.2. The van der Waals surface area contributed by atoms with Crippen LogP contribution in [0.3, 0.4) is 0 Å². The van der Waals surface area contributed by atoms with Crippen molar-refractivity contribution >= 4 is 30.5 Å². The predicted octanol–water partition coefficient (Wildman–Crippen LogP) is -0.105. The number of carbonyl (C=O) groups excluding carboxylic acids is 2. The topological polar surface area (TPSA) is 122 Å². The maximum Gasteiger partial charge on any atom is 0.322 e. The first-order valence-electron chi connectivity index (χ1n) is 5.71. The van der Waals surface area contributed by atoms with E-state index in [2.05, 4.69) is 23.3 Å². The first kappa shape index (κ1) is 16.0. The Labute approximate surface area is 120 Å². The van der Waals surface area contributed by atoms with Crippen LogP contribution >= 0.6 is 12.6 Å². The highest BCUT2D eigenvalue weighted by molar-refractivity contribution is 7.80. The van der Waals surface area contributed by atoms with E-state index in [9.17, 15) is 14.4 Å². The van der Waals surface area contributed by atoms with Crippen LogP contribution in [0.15, 0.2) is 30.3 Å². The van der Waals surface area contributed by atoms with E-state index in [0.717, 1.165) is 5.56 Å². The number of imide groups is 1. The Kier molecular flexibility index (Phi) is 6.01. The van der Waals surface area contributed by atoms with Crippen molar-refractivity contribution < 1.29 is 19.5 Å². The van der Waals surface area contributed by atoms with Gasteiger partial charge >= 0.3 is 12.0 Å². The van der Waals surface area contributed by atoms with E-state index in [0.29, 0.717) is 0 Å². The van der Waals surface area contributed by atoms with Crippen molar-refractivity contribution in [2.24, 2.45) is 5.73 Å². The van der Waals surface area contributed by atoms with Gasteiger partial charge < -0.3 is 16.2 Å². The lowest BCUT2D eigenvalue weighted by molar-refractivity contribution is -0.137. The minimum atomic E-state index is -1.00. The molecule has 108 valence electrons. The molecule has 1 aliphatic rings. The smallest absolute Gasteiger partial charge is 0.322 e. The molecule has 1 saturated heterocycles. The summed E-state index contributed by atoms with van der Waals surface area (Å²) in [6.07, 6.45) is 0. The maximum atomic E-state index is 11.2. The average molecular weight is 297 g/mol. The molecule has 0 aliphatic carbocycles. The van der Waals surface area contributed by atoms with Crippen molar-refractivity contribution in [2.45, 2.75) is 12.1 Å². The third kappa shape index (κ3) is 4.56. The standard InChI is InChI=1S/C9H8N2O2.C3H7NO2S/c12-8-7(10-9(13)11-8)6-4-2-1-3-5-6;4-2(1-7)3(5)6/h1-5,7H,(H2,10,11,12,13);2,7H,1,4H2,(H,5,6)/t;2-/m.0/s1. The Bertz CT molecular complexity index is 495. The van der Waals surface area contributed by atoms with Gasteiger partial charge in [-0.05, 0) is 5.56 Å². The van der Waals surface area contributed by atoms with Gasteiger partial charge in [0.1, 0.15) is 12.1 Å². The van der Waals surface area contributed by atoms with Gasteiger partial charge in [-0.3, -0.25) is 14.9 Å². The summed E-state index contributed by atoms with van der Waals surface area (Å²) in [4.78, 5) is 31.7. The number of carbonyl (C=O) groups is 3. The van der Waals surface area contributed by atoms with E-state index in [1.54, 1.807) is 12.1 Å². The highest BCUT2D eigenvalue weighted by atomic mass is 32.1. The van der Waals surface area contributed by atoms with E-state index in [4.69, 9.17) is 10.8 Å². The first-order chi connectivity index (χ1) is 9.45. The van der Waals surface area contributed by atoms with Crippen LogP contribution < -0.4 is 16.4 Å². The Balaban J connectivity index is 0.000000246. The quantitative estimate of drug-likeness (QED) is 0.394. The zero-order chi connectivity index (χ0) is 15.1. The van der Waals surface area contributed by atoms with E-state index < -0.39 is 24.1 Å². The predicted molar refractivity (Wildman–Crippen MR) is 75.3 cm³/mol. The molecule has 1 aromatic carbocycles. The highest BCUT2D eigenvalue weighted by Crippen LogP contribution is 2.15. The summed E-state index contributed by atoms with van der Waals surface area (Å²) < 4.78 is 0. The van der Waals surface area contributed by atoms with Crippen molar-refractivity contribution in [2.75, 3.05) is 5.75 Å². The van der Waals surface area contributed by atoms with Crippen LogP contribution in [0.4, 0.5) is 4.79 Å². The number of carboxylic acids is 1. The number of hydrogen-bond acceptors (Lipinski definition) is 5. The summed E-state index contributed by atoms with van der Waals surface area (Å²) in [7, 11) is 0. The summed E-state index contributed by atoms with van der Waals surface area (Å²) in [6.45, 7) is 0. The van der Waals surface area contributed by atoms with Crippen molar-refractivity contribution in [3.05, 3.63) is 35.9 Å². The van der Waals surface area contributed by atoms with Gasteiger partial charge in [-0.1, -0.05) is 30.3 Å². The lowest BCUT2D eigenvalue weighted by Gasteiger charge is -2.05. The van der Waals surface area contributed by atoms with Gasteiger partial charge in [-0.25, -0.2) is 4.79 Å². The molecule has 0 radical (unpaired) electrons. The minimum Gasteiger partial charge on any atom is -0.480 e. The van der Waals surface area contributed by atoms with E-state index in [-0.39, 0.29) is 11.7 Å². The van der Waals surface area contributed by atoms with Crippen molar-refractivity contribution in [3.8, 4) is 0 Å². The molecule has 0 spiro atoms. The van der Waals surface area contributed by atoms with Crippen molar-refractivity contribution in [3.63, 3.8) is 0 Å². The van der Waals surface area contributed by atoms with Crippen LogP contribution in [0.2, 0.25) is 0 Å². The molecule has 0 bridgehead atoms. The number of urea groups is 1. The fourth-order valence-electron chi connectivity index (χ4n) is 1.38. The number of benzene rings is 1. The van der Waals surface area contributed by atoms with Gasteiger partial charge in [0.15, 0.2) is 0 Å². The van der Waals surface area contributed by atoms with Gasteiger partial charge in [-0.15, -0.1) is 0 Å². The molecule has 1 unspecified atom stereocenters. The summed E-state index contributed by atoms with van der Waals surface area (Å²) in [5, 5.41) is 12.7. The molecule has 3 amide bonds. The second-order valence-electron chi connectivity index (χ2n) is 3.93. The van der Waals surface area contributed by atoms with E-state index in [1.807, 2.05) is 18.2 Å². The number of aliphatic carboxylic acids is 1. The van der Waals surface area contributed by atoms with Gasteiger partial charge in [-0.2, -0.15) is 12.6 Å². The third-order valence-electron chi connectivity index (χ3n) is 2.42. The fraction of sp³-hybridized carbons (Fsp3) is 0.250. The van der Waals surface area contributed by atoms with Crippen molar-refractivity contribution in [1.29, 1.82) is 0 Å². The molecule has 0 saturated carbocycles. The zero-order valence-corrected chi connectivity index (χ0v) is 11.3. The molecule has 2 atom stereocenters. The molecule has 1 aromatic rings. The first-order valence-corrected chi connectivity index (χ1v) is 6.34. The van der Waals surface area contributed by atoms with Crippen LogP contribution in [-0.2, 0) is 9.59 Å². The van der Waals surface area contributed by atoms with Crippen LogP contribution in [0.5, 0.6) is 0 Å². The number of amides is 3. The Morgan fingerprint density at radius 2 is 1.95 bits per heavy atom. The summed E-state index contributed by atoms with van der Waals surface area (Å²) in [6, 6.07) is 7.33. The Hall–Kier alpha value is -2.06. The lowest BCUT2D eigenvalue weighted by Crippen LogP contribution is -2.31. The van der Waals surface area contributed by atoms with Gasteiger partial charge in [0, 0.05) is 5.75 Å². The normalized spacial score (nSPS) is 18.4. The fourth-order valence-corrected chi connectivity index (χ4v) is 1.53. The molecule has 1 fully saturated rings. The molecule has 1 aliphatic heterocycles. The molecule has 0 aromatic heterocycles. The second kappa shape index (κ2) is 7.51. The molecule has 5 N–H and O–H groups in total. The molecular weight excluding hydrogens is 282 g/mol. The van der Waals surface area contributed by atoms with Crippen LogP contribution in [0.1, 0.15) is 11.6 Å². The van der Waals surface area contributed by atoms with Gasteiger partial charge in [0.25, 0.3) is 5.91 Å². The molecule has 20 heavy (non-hydrogen) atoms. The number of thiol groups is 1. The molecule has 7 nitrogen and oxygen atoms in total. The van der Waals surface area contributed by atoms with Gasteiger partial charge in [0.05, 0.1) is 0 Å². The molecule has 1 heterocycles. The minimum absolute atomic E-state index is 0.190. The monoisotopic (exact) mass is 297 g/mol. The van der Waals surface area contributed by atoms with Crippen LogP contribution in [0.25, 0.3) is 0 Å². The lowest BCUT2D eigenvalue weighted by atomic mass is 10.1. The Morgan fingerprint density at radius 1 is 1.35 bits per heavy atom. The summed E-state index contributed by atoms with van der Waals surface area (Å²) in [5.74, 6) is -1.11. The summed E-state index contributed by atoms with van der Waals surface area (Å²) in [5.41, 5.74) is 5.74. The third-order valence-corrected chi connectivity index (χ3v) is 2.81. The number of rotatable bonds is 3. The second-order valence-corrected chi connectivity index (χ2v) is 4.30. The molecule has 8 heteroatoms. The molecule has 2 rings (SSSR count). The van der Waals surface area contributed by atoms with Crippen molar-refractivity contribution in [1.82, 2.24) is 10.6 Å². The average Bonchev–Trinajstić information content (AvgIpc) is 2.78. The number of nitrogens with one attached hydrogen (secondary N) is 2. The van der Waals surface area contributed by atoms with E-state index in [1.165, 1.54) is 0 Å². The largest absolute Gasteiger partial charge is 0.480 e. The summed E-state index contributed by atoms with van der Waals surface area (Å²) >= 11 is 3.65. The molecular formula is C12H15N3O4S. The highest BCUT2D eigenvalue weighted by Gasteiger charge is 2.30. The van der Waals surface area contributed by atoms with Crippen LogP contribution in [-0.4, -0.2) is 34.8 Å². The zero-order valence-electron chi connectivity index (χ0n) is 10.4. The van der Waals surface area contributed by atoms with Crippen LogP contribution in [0, 0.1) is 0 Å². The van der Waals surface area contributed by atoms with E-state index >= 15 is 0 Å². The number of nitrogens with two attached hydrogens (primary N) is 1. The number of carboxylic acid groups (broad SMARTS) is 1. The number of hydrogen-bond donors (Lipinski definition) is 5. The Morgan fingerprint density at radius 3 is 2.30 bits per heavy atom. The van der Waals surface area contributed by atoms with Gasteiger partial charge in [0.2, 0.25) is 0 Å².